The average Bonchev–Trinajstić information content (AvgIpc) is 2.83. The molecule has 0 fully saturated rings. The van der Waals surface area contributed by atoms with E-state index in [-0.39, 0.29) is 11.4 Å². The van der Waals surface area contributed by atoms with Crippen molar-refractivity contribution in [3.63, 3.8) is 0 Å². The molecule has 0 spiro atoms. The Hall–Kier alpha value is -2.01. The van der Waals surface area contributed by atoms with Gasteiger partial charge in [-0.1, -0.05) is 0 Å². The summed E-state index contributed by atoms with van der Waals surface area (Å²) in [5.41, 5.74) is 1.21. The van der Waals surface area contributed by atoms with Gasteiger partial charge in [-0.2, -0.15) is 0 Å². The van der Waals surface area contributed by atoms with Gasteiger partial charge in [0.25, 0.3) is 0 Å². The van der Waals surface area contributed by atoms with Gasteiger partial charge in [0.1, 0.15) is 10.8 Å². The molecule has 80 valence electrons. The summed E-state index contributed by atoms with van der Waals surface area (Å²) in [6, 6.07) is 8.61. The molecule has 16 heavy (non-hydrogen) atoms. The number of nitrogens with zero attached hydrogens (tertiary/aromatic N) is 1. The number of aromatic nitrogens is 2. The number of nitrogens with one attached hydrogen (secondary N) is 1. The molecule has 0 radical (unpaired) electrons. The summed E-state index contributed by atoms with van der Waals surface area (Å²) in [5, 5.41) is 12.1. The zero-order chi connectivity index (χ0) is 11.1. The number of phenolic OH excluding ortho intramolecular Hbond substituents is 1. The molecule has 3 rings (SSSR count). The molecule has 2 heterocycles. The highest BCUT2D eigenvalue weighted by Gasteiger charge is 2.09. The van der Waals surface area contributed by atoms with Gasteiger partial charge in [-0.25, -0.2) is 4.79 Å². The first-order valence-corrected chi connectivity index (χ1v) is 5.61. The molecule has 0 saturated carbocycles. The fraction of sp³-hybridized carbons (Fsp3) is 0. The molecule has 0 aliphatic carbocycles. The monoisotopic (exact) mass is 232 g/mol. The van der Waals surface area contributed by atoms with Crippen LogP contribution in [0.15, 0.2) is 40.5 Å². The number of imidazole rings is 1. The van der Waals surface area contributed by atoms with Crippen molar-refractivity contribution in [2.45, 2.75) is 0 Å². The van der Waals surface area contributed by atoms with Crippen LogP contribution in [0.25, 0.3) is 16.0 Å². The largest absolute Gasteiger partial charge is 0.508 e. The van der Waals surface area contributed by atoms with E-state index < -0.39 is 0 Å². The maximum absolute atomic E-state index is 11.8. The molecule has 4 nitrogen and oxygen atoms in total. The number of fused-ring (bicyclic) bond motifs is 1. The zero-order valence-corrected chi connectivity index (χ0v) is 8.99. The van der Waals surface area contributed by atoms with Crippen LogP contribution in [-0.2, 0) is 0 Å². The summed E-state index contributed by atoms with van der Waals surface area (Å²) in [6.07, 6.45) is 0. The summed E-state index contributed by atoms with van der Waals surface area (Å²) in [6.45, 7) is 0. The summed E-state index contributed by atoms with van der Waals surface area (Å²) in [7, 11) is 0. The van der Waals surface area contributed by atoms with Crippen LogP contribution in [0.1, 0.15) is 0 Å². The lowest BCUT2D eigenvalue weighted by Crippen LogP contribution is -2.13. The fourth-order valence-corrected chi connectivity index (χ4v) is 2.46. The first kappa shape index (κ1) is 9.23. The van der Waals surface area contributed by atoms with E-state index in [1.165, 1.54) is 11.3 Å². The molecule has 0 bridgehead atoms. The normalized spacial score (nSPS) is 11.0. The van der Waals surface area contributed by atoms with Gasteiger partial charge in [0.05, 0.1) is 11.0 Å². The van der Waals surface area contributed by atoms with E-state index in [0.717, 1.165) is 10.5 Å². The Morgan fingerprint density at radius 3 is 2.94 bits per heavy atom. The van der Waals surface area contributed by atoms with Gasteiger partial charge in [0.15, 0.2) is 0 Å². The molecule has 0 aliphatic rings. The van der Waals surface area contributed by atoms with Crippen molar-refractivity contribution in [2.24, 2.45) is 0 Å². The Kier molecular flexibility index (Phi) is 1.87. The number of rotatable bonds is 1. The first-order valence-electron chi connectivity index (χ1n) is 4.73. The molecule has 0 saturated heterocycles. The smallest absolute Gasteiger partial charge is 0.331 e. The molecule has 5 heteroatoms. The minimum Gasteiger partial charge on any atom is -0.508 e. The number of benzene rings is 1. The number of H-pyrrole nitrogens is 1. The second-order valence-electron chi connectivity index (χ2n) is 3.42. The van der Waals surface area contributed by atoms with E-state index in [4.69, 9.17) is 0 Å². The van der Waals surface area contributed by atoms with Crippen molar-refractivity contribution in [3.05, 3.63) is 46.2 Å². The third-order valence-corrected chi connectivity index (χ3v) is 3.25. The Balaban J connectivity index is 2.41. The number of aromatic amines is 1. The molecule has 3 aromatic rings. The summed E-state index contributed by atoms with van der Waals surface area (Å²) in [4.78, 5) is 14.5. The van der Waals surface area contributed by atoms with Gasteiger partial charge < -0.3 is 10.1 Å². The third-order valence-electron chi connectivity index (χ3n) is 2.39. The summed E-state index contributed by atoms with van der Waals surface area (Å²) >= 11 is 1.49. The van der Waals surface area contributed by atoms with E-state index in [1.54, 1.807) is 22.8 Å². The van der Waals surface area contributed by atoms with E-state index in [9.17, 15) is 9.90 Å². The predicted octanol–water partition coefficient (Wildman–Crippen LogP) is 2.09. The third kappa shape index (κ3) is 1.25. The molecular weight excluding hydrogens is 224 g/mol. The number of phenols is 1. The molecule has 0 unspecified atom stereocenters. The van der Waals surface area contributed by atoms with Crippen molar-refractivity contribution in [3.8, 4) is 10.8 Å². The fourth-order valence-electron chi connectivity index (χ4n) is 1.72. The van der Waals surface area contributed by atoms with Crippen molar-refractivity contribution >= 4 is 22.4 Å². The van der Waals surface area contributed by atoms with Crippen molar-refractivity contribution < 1.29 is 5.11 Å². The van der Waals surface area contributed by atoms with Gasteiger partial charge in [-0.05, 0) is 29.6 Å². The minimum absolute atomic E-state index is 0.145. The number of aromatic hydroxyl groups is 1. The topological polar surface area (TPSA) is 58.0 Å². The highest BCUT2D eigenvalue weighted by molar-refractivity contribution is 7.12. The maximum atomic E-state index is 11.8. The standard InChI is InChI=1S/C11H8N2O2S/c14-7-3-4-9-8(6-7)12-11(15)13(9)10-2-1-5-16-10/h1-6,14H,(H,12,15). The highest BCUT2D eigenvalue weighted by Crippen LogP contribution is 2.21. The quantitative estimate of drug-likeness (QED) is 0.675. The van der Waals surface area contributed by atoms with E-state index >= 15 is 0 Å². The molecule has 0 amide bonds. The summed E-state index contributed by atoms with van der Waals surface area (Å²) in [5.74, 6) is 0.145. The van der Waals surface area contributed by atoms with Crippen LogP contribution in [0.5, 0.6) is 5.75 Å². The van der Waals surface area contributed by atoms with Gasteiger partial charge in [-0.15, -0.1) is 11.3 Å². The Morgan fingerprint density at radius 1 is 1.31 bits per heavy atom. The number of thiophene rings is 1. The van der Waals surface area contributed by atoms with Crippen LogP contribution in [0, 0.1) is 0 Å². The molecule has 2 N–H and O–H groups in total. The number of hydrogen-bond donors (Lipinski definition) is 2. The van der Waals surface area contributed by atoms with E-state index in [2.05, 4.69) is 4.98 Å². The SMILES string of the molecule is O=c1[nH]c2cc(O)ccc2n1-c1cccs1. The average molecular weight is 232 g/mol. The van der Waals surface area contributed by atoms with E-state index in [0.29, 0.717) is 5.52 Å². The summed E-state index contributed by atoms with van der Waals surface area (Å²) < 4.78 is 1.60. The predicted molar refractivity (Wildman–Crippen MR) is 63.4 cm³/mol. The Bertz CT molecular complexity index is 694. The van der Waals surface area contributed by atoms with Crippen LogP contribution in [0.4, 0.5) is 0 Å². The second-order valence-corrected chi connectivity index (χ2v) is 4.34. The van der Waals surface area contributed by atoms with E-state index in [1.807, 2.05) is 17.5 Å². The minimum atomic E-state index is -0.192. The van der Waals surface area contributed by atoms with Crippen LogP contribution in [-0.4, -0.2) is 14.7 Å². The van der Waals surface area contributed by atoms with Crippen LogP contribution in [0.3, 0.4) is 0 Å². The number of hydrogen-bond acceptors (Lipinski definition) is 3. The second kappa shape index (κ2) is 3.24. The van der Waals surface area contributed by atoms with Crippen molar-refractivity contribution in [1.29, 1.82) is 0 Å². The molecule has 1 aromatic carbocycles. The highest BCUT2D eigenvalue weighted by atomic mass is 32.1. The zero-order valence-electron chi connectivity index (χ0n) is 8.18. The Labute approximate surface area is 94.4 Å². The van der Waals surface area contributed by atoms with Crippen molar-refractivity contribution in [2.75, 3.05) is 0 Å². The van der Waals surface area contributed by atoms with Crippen LogP contribution < -0.4 is 5.69 Å². The molecular formula is C11H8N2O2S. The van der Waals surface area contributed by atoms with Gasteiger partial charge in [0.2, 0.25) is 0 Å². The lowest BCUT2D eigenvalue weighted by atomic mass is 10.3. The van der Waals surface area contributed by atoms with Crippen molar-refractivity contribution in [1.82, 2.24) is 9.55 Å². The molecule has 2 aromatic heterocycles. The lowest BCUT2D eigenvalue weighted by molar-refractivity contribution is 0.476. The van der Waals surface area contributed by atoms with Gasteiger partial charge in [-0.3, -0.25) is 4.57 Å². The molecule has 0 aliphatic heterocycles. The van der Waals surface area contributed by atoms with Crippen LogP contribution >= 0.6 is 11.3 Å². The van der Waals surface area contributed by atoms with Gasteiger partial charge >= 0.3 is 5.69 Å². The first-order chi connectivity index (χ1) is 7.75. The maximum Gasteiger partial charge on any atom is 0.331 e. The lowest BCUT2D eigenvalue weighted by Gasteiger charge is -1.98. The van der Waals surface area contributed by atoms with Crippen LogP contribution in [0.2, 0.25) is 0 Å². The van der Waals surface area contributed by atoms with Gasteiger partial charge in [0, 0.05) is 6.07 Å². The Morgan fingerprint density at radius 2 is 2.19 bits per heavy atom. The molecule has 0 atom stereocenters.